The molecule has 0 radical (unpaired) electrons. The Morgan fingerprint density at radius 1 is 1.05 bits per heavy atom. The summed E-state index contributed by atoms with van der Waals surface area (Å²) in [5.41, 5.74) is 2.19. The Labute approximate surface area is 124 Å². The molecular weight excluding hydrogens is 264 g/mol. The summed E-state index contributed by atoms with van der Waals surface area (Å²) in [4.78, 5) is 11.5. The smallest absolute Gasteiger partial charge is 0.333 e. The molecule has 0 saturated carbocycles. The SMILES string of the molecule is CCc1ccc(OCOC(=O)/C=C\c2ccccc2)cc1. The van der Waals surface area contributed by atoms with Gasteiger partial charge in [-0.25, -0.2) is 4.79 Å². The van der Waals surface area contributed by atoms with Gasteiger partial charge < -0.3 is 9.47 Å². The number of aryl methyl sites for hydroxylation is 1. The molecule has 21 heavy (non-hydrogen) atoms. The van der Waals surface area contributed by atoms with Crippen LogP contribution in [0.15, 0.2) is 60.7 Å². The maximum Gasteiger partial charge on any atom is 0.333 e. The third kappa shape index (κ3) is 5.15. The van der Waals surface area contributed by atoms with Crippen molar-refractivity contribution in [2.45, 2.75) is 13.3 Å². The summed E-state index contributed by atoms with van der Waals surface area (Å²) >= 11 is 0. The van der Waals surface area contributed by atoms with E-state index in [0.29, 0.717) is 5.75 Å². The summed E-state index contributed by atoms with van der Waals surface area (Å²) in [7, 11) is 0. The molecule has 0 saturated heterocycles. The highest BCUT2D eigenvalue weighted by molar-refractivity contribution is 5.86. The first kappa shape index (κ1) is 14.9. The first-order valence-electron chi connectivity index (χ1n) is 6.89. The third-order valence-electron chi connectivity index (χ3n) is 2.97. The Bertz CT molecular complexity index is 586. The van der Waals surface area contributed by atoms with Crippen molar-refractivity contribution in [2.24, 2.45) is 0 Å². The number of benzene rings is 2. The van der Waals surface area contributed by atoms with Crippen molar-refractivity contribution in [3.63, 3.8) is 0 Å². The van der Waals surface area contributed by atoms with Crippen molar-refractivity contribution in [3.05, 3.63) is 71.8 Å². The molecule has 3 nitrogen and oxygen atoms in total. The zero-order valence-electron chi connectivity index (χ0n) is 12.0. The zero-order chi connectivity index (χ0) is 14.9. The van der Waals surface area contributed by atoms with Crippen LogP contribution in [0.3, 0.4) is 0 Å². The van der Waals surface area contributed by atoms with Gasteiger partial charge in [-0.3, -0.25) is 0 Å². The summed E-state index contributed by atoms with van der Waals surface area (Å²) in [5, 5.41) is 0. The van der Waals surface area contributed by atoms with E-state index in [1.54, 1.807) is 6.08 Å². The predicted molar refractivity (Wildman–Crippen MR) is 82.9 cm³/mol. The van der Waals surface area contributed by atoms with E-state index in [1.807, 2.05) is 54.6 Å². The molecule has 0 bridgehead atoms. The molecule has 3 heteroatoms. The van der Waals surface area contributed by atoms with E-state index in [9.17, 15) is 4.79 Å². The minimum absolute atomic E-state index is 0.0938. The van der Waals surface area contributed by atoms with Gasteiger partial charge in [0.25, 0.3) is 0 Å². The summed E-state index contributed by atoms with van der Waals surface area (Å²) in [6.45, 7) is 2.00. The molecule has 0 spiro atoms. The summed E-state index contributed by atoms with van der Waals surface area (Å²) in [6, 6.07) is 17.3. The van der Waals surface area contributed by atoms with Crippen LogP contribution in [0.4, 0.5) is 0 Å². The summed E-state index contributed by atoms with van der Waals surface area (Å²) in [6.07, 6.45) is 4.08. The molecular formula is C18H18O3. The maximum absolute atomic E-state index is 11.5. The van der Waals surface area contributed by atoms with Crippen LogP contribution in [0.2, 0.25) is 0 Å². The standard InChI is InChI=1S/C18H18O3/c1-2-15-8-11-17(12-9-15)20-14-21-18(19)13-10-16-6-4-3-5-7-16/h3-13H,2,14H2,1H3/b13-10-. The Morgan fingerprint density at radius 2 is 1.76 bits per heavy atom. The van der Waals surface area contributed by atoms with E-state index in [-0.39, 0.29) is 6.79 Å². The van der Waals surface area contributed by atoms with E-state index < -0.39 is 5.97 Å². The zero-order valence-corrected chi connectivity index (χ0v) is 12.0. The Hall–Kier alpha value is -2.55. The number of ether oxygens (including phenoxy) is 2. The maximum atomic E-state index is 11.5. The Morgan fingerprint density at radius 3 is 2.43 bits per heavy atom. The molecule has 0 aliphatic carbocycles. The van der Waals surface area contributed by atoms with Gasteiger partial charge in [0.05, 0.1) is 0 Å². The van der Waals surface area contributed by atoms with Crippen LogP contribution >= 0.6 is 0 Å². The molecule has 0 aromatic heterocycles. The molecule has 0 atom stereocenters. The van der Waals surface area contributed by atoms with Gasteiger partial charge in [0, 0.05) is 6.08 Å². The third-order valence-corrected chi connectivity index (χ3v) is 2.97. The van der Waals surface area contributed by atoms with Crippen LogP contribution in [-0.4, -0.2) is 12.8 Å². The van der Waals surface area contributed by atoms with Crippen molar-refractivity contribution in [1.82, 2.24) is 0 Å². The number of hydrogen-bond acceptors (Lipinski definition) is 3. The second kappa shape index (κ2) is 7.90. The number of rotatable bonds is 6. The lowest BCUT2D eigenvalue weighted by molar-refractivity contribution is -0.144. The van der Waals surface area contributed by atoms with Crippen LogP contribution < -0.4 is 4.74 Å². The van der Waals surface area contributed by atoms with Crippen molar-refractivity contribution in [2.75, 3.05) is 6.79 Å². The molecule has 0 fully saturated rings. The molecule has 2 aromatic carbocycles. The van der Waals surface area contributed by atoms with Gasteiger partial charge in [0.2, 0.25) is 6.79 Å². The van der Waals surface area contributed by atoms with E-state index in [1.165, 1.54) is 11.6 Å². The second-order valence-electron chi connectivity index (χ2n) is 4.47. The average molecular weight is 282 g/mol. The van der Waals surface area contributed by atoms with Gasteiger partial charge in [0.1, 0.15) is 5.75 Å². The number of esters is 1. The van der Waals surface area contributed by atoms with Crippen molar-refractivity contribution in [1.29, 1.82) is 0 Å². The molecule has 2 rings (SSSR count). The van der Waals surface area contributed by atoms with Crippen molar-refractivity contribution >= 4 is 12.0 Å². The summed E-state index contributed by atoms with van der Waals surface area (Å²) < 4.78 is 10.3. The van der Waals surface area contributed by atoms with Gasteiger partial charge in [-0.1, -0.05) is 49.4 Å². The second-order valence-corrected chi connectivity index (χ2v) is 4.47. The van der Waals surface area contributed by atoms with Crippen LogP contribution in [0.25, 0.3) is 6.08 Å². The number of carbonyl (C=O) groups excluding carboxylic acids is 1. The van der Waals surface area contributed by atoms with Gasteiger partial charge in [0.15, 0.2) is 0 Å². The topological polar surface area (TPSA) is 35.5 Å². The number of carbonyl (C=O) groups is 1. The van der Waals surface area contributed by atoms with E-state index >= 15 is 0 Å². The Kier molecular flexibility index (Phi) is 5.59. The monoisotopic (exact) mass is 282 g/mol. The molecule has 0 heterocycles. The van der Waals surface area contributed by atoms with Crippen LogP contribution in [0, 0.1) is 0 Å². The number of hydrogen-bond donors (Lipinski definition) is 0. The fourth-order valence-corrected chi connectivity index (χ4v) is 1.75. The molecule has 2 aromatic rings. The minimum atomic E-state index is -0.427. The van der Waals surface area contributed by atoms with Gasteiger partial charge in [-0.05, 0) is 35.8 Å². The van der Waals surface area contributed by atoms with Gasteiger partial charge in [-0.15, -0.1) is 0 Å². The van der Waals surface area contributed by atoms with E-state index in [2.05, 4.69) is 6.92 Å². The highest BCUT2D eigenvalue weighted by Gasteiger charge is 1.98. The van der Waals surface area contributed by atoms with Crippen LogP contribution in [0.5, 0.6) is 5.75 Å². The Balaban J connectivity index is 1.75. The molecule has 0 N–H and O–H groups in total. The molecule has 0 aliphatic rings. The molecule has 0 aliphatic heterocycles. The van der Waals surface area contributed by atoms with Crippen molar-refractivity contribution < 1.29 is 14.3 Å². The largest absolute Gasteiger partial charge is 0.457 e. The predicted octanol–water partition coefficient (Wildman–Crippen LogP) is 3.84. The van der Waals surface area contributed by atoms with Crippen LogP contribution in [-0.2, 0) is 16.0 Å². The van der Waals surface area contributed by atoms with Crippen molar-refractivity contribution in [3.8, 4) is 5.75 Å². The first-order chi connectivity index (χ1) is 10.3. The lowest BCUT2D eigenvalue weighted by Gasteiger charge is -2.06. The molecule has 0 unspecified atom stereocenters. The fraction of sp³-hybridized carbons (Fsp3) is 0.167. The normalized spacial score (nSPS) is 10.5. The lowest BCUT2D eigenvalue weighted by Crippen LogP contribution is -2.07. The minimum Gasteiger partial charge on any atom is -0.457 e. The molecule has 0 amide bonds. The van der Waals surface area contributed by atoms with Crippen LogP contribution in [0.1, 0.15) is 18.1 Å². The average Bonchev–Trinajstić information content (AvgIpc) is 2.54. The van der Waals surface area contributed by atoms with Gasteiger partial charge in [-0.2, -0.15) is 0 Å². The highest BCUT2D eigenvalue weighted by atomic mass is 16.7. The highest BCUT2D eigenvalue weighted by Crippen LogP contribution is 2.12. The first-order valence-corrected chi connectivity index (χ1v) is 6.89. The molecule has 108 valence electrons. The van der Waals surface area contributed by atoms with Gasteiger partial charge >= 0.3 is 5.97 Å². The lowest BCUT2D eigenvalue weighted by atomic mass is 10.2. The van der Waals surface area contributed by atoms with E-state index in [4.69, 9.17) is 9.47 Å². The summed E-state index contributed by atoms with van der Waals surface area (Å²) in [5.74, 6) is 0.260. The fourth-order valence-electron chi connectivity index (χ4n) is 1.75. The van der Waals surface area contributed by atoms with E-state index in [0.717, 1.165) is 12.0 Å². The quantitative estimate of drug-likeness (QED) is 0.459.